The molecule has 1 saturated heterocycles. The number of rotatable bonds is 8. The smallest absolute Gasteiger partial charge is 0.333 e. The summed E-state index contributed by atoms with van der Waals surface area (Å²) in [5.41, 5.74) is 1.26. The van der Waals surface area contributed by atoms with Crippen LogP contribution in [0.5, 0.6) is 0 Å². The first-order valence-corrected chi connectivity index (χ1v) is 14.1. The predicted molar refractivity (Wildman–Crippen MR) is 149 cm³/mol. The molecule has 3 amide bonds. The highest BCUT2D eigenvalue weighted by Gasteiger charge is 2.55. The van der Waals surface area contributed by atoms with Gasteiger partial charge < -0.3 is 25.1 Å². The van der Waals surface area contributed by atoms with E-state index >= 15 is 0 Å². The van der Waals surface area contributed by atoms with Gasteiger partial charge in [-0.1, -0.05) is 36.8 Å². The maximum Gasteiger partial charge on any atom is 0.333 e. The zero-order chi connectivity index (χ0) is 27.8. The van der Waals surface area contributed by atoms with Crippen molar-refractivity contribution in [1.29, 1.82) is 0 Å². The molecule has 1 aromatic carbocycles. The van der Waals surface area contributed by atoms with Crippen LogP contribution in [-0.4, -0.2) is 95.5 Å². The van der Waals surface area contributed by atoms with Crippen molar-refractivity contribution in [3.05, 3.63) is 59.4 Å². The number of carbonyl (C=O) groups is 3. The fourth-order valence-corrected chi connectivity index (χ4v) is 6.84. The highest BCUT2D eigenvalue weighted by molar-refractivity contribution is 5.89. The minimum Gasteiger partial charge on any atom is -0.478 e. The van der Waals surface area contributed by atoms with Gasteiger partial charge >= 0.3 is 12.0 Å². The normalized spacial score (nSPS) is 27.5. The second-order valence-corrected chi connectivity index (χ2v) is 12.0. The van der Waals surface area contributed by atoms with Gasteiger partial charge in [-0.15, -0.1) is 0 Å². The summed E-state index contributed by atoms with van der Waals surface area (Å²) in [4.78, 5) is 46.0. The Balaban J connectivity index is 1.32. The molecule has 0 bridgehead atoms. The molecular formula is C30H41N5O4. The number of hydrogen-bond donors (Lipinski definition) is 2. The van der Waals surface area contributed by atoms with E-state index in [1.165, 1.54) is 30.9 Å². The van der Waals surface area contributed by atoms with Crippen LogP contribution in [0.4, 0.5) is 4.79 Å². The van der Waals surface area contributed by atoms with Crippen LogP contribution in [0, 0.1) is 5.92 Å². The number of allylic oxidation sites excluding steroid dienone is 2. The van der Waals surface area contributed by atoms with Crippen LogP contribution >= 0.6 is 0 Å². The number of nitrogens with one attached hydrogen (secondary N) is 1. The molecule has 0 radical (unpaired) electrons. The lowest BCUT2D eigenvalue weighted by molar-refractivity contribution is -0.132. The van der Waals surface area contributed by atoms with Gasteiger partial charge in [-0.05, 0) is 76.3 Å². The molecule has 2 aliphatic heterocycles. The van der Waals surface area contributed by atoms with Crippen molar-refractivity contribution >= 4 is 17.9 Å². The summed E-state index contributed by atoms with van der Waals surface area (Å²) in [5.74, 6) is -0.155. The lowest BCUT2D eigenvalue weighted by atomic mass is 9.68. The van der Waals surface area contributed by atoms with Crippen molar-refractivity contribution < 1.29 is 19.5 Å². The molecule has 39 heavy (non-hydrogen) atoms. The van der Waals surface area contributed by atoms with Gasteiger partial charge in [0.25, 0.3) is 0 Å². The first kappa shape index (κ1) is 27.2. The lowest BCUT2D eigenvalue weighted by Gasteiger charge is -2.51. The number of nitrogens with zero attached hydrogens (tertiary/aromatic N) is 4. The molecule has 5 rings (SSSR count). The van der Waals surface area contributed by atoms with Gasteiger partial charge in [-0.2, -0.15) is 0 Å². The number of aliphatic carboxylic acids is 1. The van der Waals surface area contributed by atoms with Gasteiger partial charge in [0.2, 0.25) is 5.91 Å². The third-order valence-corrected chi connectivity index (χ3v) is 9.54. The molecule has 2 N–H and O–H groups in total. The largest absolute Gasteiger partial charge is 0.478 e. The molecule has 2 aliphatic carbocycles. The van der Waals surface area contributed by atoms with Gasteiger partial charge in [-0.3, -0.25) is 9.69 Å². The summed E-state index contributed by atoms with van der Waals surface area (Å²) in [5, 5.41) is 12.1. The summed E-state index contributed by atoms with van der Waals surface area (Å²) in [6, 6.07) is 10.7. The Morgan fingerprint density at radius 3 is 2.33 bits per heavy atom. The van der Waals surface area contributed by atoms with E-state index in [1.54, 1.807) is 22.9 Å². The van der Waals surface area contributed by atoms with Crippen LogP contribution < -0.4 is 5.32 Å². The van der Waals surface area contributed by atoms with E-state index in [9.17, 15) is 19.5 Å². The molecule has 210 valence electrons. The topological polar surface area (TPSA) is 96.4 Å². The minimum atomic E-state index is -0.971. The van der Waals surface area contributed by atoms with Crippen molar-refractivity contribution in [2.75, 3.05) is 47.3 Å². The molecule has 9 heteroatoms. The molecule has 1 spiro atoms. The van der Waals surface area contributed by atoms with Gasteiger partial charge in [0.1, 0.15) is 12.4 Å². The number of hydrogen-bond acceptors (Lipinski definition) is 5. The summed E-state index contributed by atoms with van der Waals surface area (Å²) in [7, 11) is 6.04. The molecule has 0 aromatic heterocycles. The van der Waals surface area contributed by atoms with Gasteiger partial charge in [-0.25, -0.2) is 9.59 Å². The number of amides is 3. The van der Waals surface area contributed by atoms with Crippen molar-refractivity contribution in [2.45, 2.75) is 56.0 Å². The highest BCUT2D eigenvalue weighted by atomic mass is 16.4. The van der Waals surface area contributed by atoms with Crippen molar-refractivity contribution in [3.8, 4) is 0 Å². The van der Waals surface area contributed by atoms with E-state index < -0.39 is 5.97 Å². The Morgan fingerprint density at radius 1 is 1.08 bits per heavy atom. The van der Waals surface area contributed by atoms with E-state index in [2.05, 4.69) is 59.5 Å². The molecule has 9 nitrogen and oxygen atoms in total. The Morgan fingerprint density at radius 2 is 1.77 bits per heavy atom. The average molecular weight is 536 g/mol. The number of carboxylic acids is 1. The zero-order valence-electron chi connectivity index (χ0n) is 23.4. The molecule has 2 heterocycles. The molecule has 3 fully saturated rings. The minimum absolute atomic E-state index is 0.0139. The van der Waals surface area contributed by atoms with Gasteiger partial charge in [0.05, 0.1) is 17.7 Å². The lowest BCUT2D eigenvalue weighted by Crippen LogP contribution is -2.56. The van der Waals surface area contributed by atoms with Gasteiger partial charge in [0.15, 0.2) is 0 Å². The highest BCUT2D eigenvalue weighted by Crippen LogP contribution is 2.49. The van der Waals surface area contributed by atoms with Crippen LogP contribution in [0.15, 0.2) is 53.9 Å². The van der Waals surface area contributed by atoms with Crippen molar-refractivity contribution in [3.63, 3.8) is 0 Å². The summed E-state index contributed by atoms with van der Waals surface area (Å²) in [6.07, 6.45) is 10.4. The van der Waals surface area contributed by atoms with E-state index in [0.717, 1.165) is 32.2 Å². The summed E-state index contributed by atoms with van der Waals surface area (Å²) in [6.45, 7) is 1.52. The van der Waals surface area contributed by atoms with Crippen LogP contribution in [0.2, 0.25) is 0 Å². The first-order chi connectivity index (χ1) is 18.6. The Kier molecular flexibility index (Phi) is 7.46. The van der Waals surface area contributed by atoms with E-state index in [1.807, 2.05) is 0 Å². The molecule has 0 atom stereocenters. The fraction of sp³-hybridized carbons (Fsp3) is 0.567. The zero-order valence-corrected chi connectivity index (χ0v) is 23.4. The molecule has 2 saturated carbocycles. The van der Waals surface area contributed by atoms with Crippen LogP contribution in [0.1, 0.15) is 50.5 Å². The third-order valence-electron chi connectivity index (χ3n) is 9.54. The van der Waals surface area contributed by atoms with Crippen LogP contribution in [0.3, 0.4) is 0 Å². The second-order valence-electron chi connectivity index (χ2n) is 12.0. The second kappa shape index (κ2) is 10.7. The van der Waals surface area contributed by atoms with E-state index in [-0.39, 0.29) is 41.7 Å². The monoisotopic (exact) mass is 535 g/mol. The SMILES string of the molecule is CN1CC(C(=O)O)=CC=C1NC(=O)CN1CC2(CCC(c3ccccc3)(N(C)C)CC2)N(CC2CCC2)C1=O. The summed E-state index contributed by atoms with van der Waals surface area (Å²) >= 11 is 0. The van der Waals surface area contributed by atoms with Gasteiger partial charge in [0, 0.05) is 25.7 Å². The molecular weight excluding hydrogens is 494 g/mol. The van der Waals surface area contributed by atoms with E-state index in [0.29, 0.717) is 18.3 Å². The van der Waals surface area contributed by atoms with Crippen molar-refractivity contribution in [2.24, 2.45) is 5.92 Å². The summed E-state index contributed by atoms with van der Waals surface area (Å²) < 4.78 is 0. The molecule has 4 aliphatic rings. The average Bonchev–Trinajstić information content (AvgIpc) is 3.13. The fourth-order valence-electron chi connectivity index (χ4n) is 6.84. The Bertz CT molecular complexity index is 1170. The number of urea groups is 1. The maximum atomic E-state index is 13.8. The van der Waals surface area contributed by atoms with Crippen LogP contribution in [-0.2, 0) is 15.1 Å². The maximum absolute atomic E-state index is 13.8. The predicted octanol–water partition coefficient (Wildman–Crippen LogP) is 3.21. The quantitative estimate of drug-likeness (QED) is 0.531. The number of benzene rings is 1. The standard InChI is InChI=1S/C30H41N5O4/c1-32(2)30(24-10-5-4-6-11-24)16-14-29(15-17-30)21-34(28(39)35(29)18-22-8-7-9-22)20-26(36)31-25-13-12-23(27(37)38)19-33(25)3/h4-6,10-13,22H,7-9,14-21H2,1-3H3,(H,31,36)(H,37,38). The van der Waals surface area contributed by atoms with Crippen LogP contribution in [0.25, 0.3) is 0 Å². The Hall–Kier alpha value is -3.33. The number of likely N-dealkylation sites (N-methyl/N-ethyl adjacent to an activating group) is 1. The number of carbonyl (C=O) groups excluding carboxylic acids is 2. The third kappa shape index (κ3) is 5.16. The van der Waals surface area contributed by atoms with Crippen molar-refractivity contribution in [1.82, 2.24) is 24.9 Å². The Labute approximate surface area is 231 Å². The molecule has 1 aromatic rings. The number of carboxylic acid groups (broad SMARTS) is 1. The molecule has 0 unspecified atom stereocenters. The first-order valence-electron chi connectivity index (χ1n) is 14.1. The van der Waals surface area contributed by atoms with E-state index in [4.69, 9.17) is 0 Å².